The number of aromatic nitrogens is 1. The molecule has 1 amide bonds. The molecule has 0 saturated carbocycles. The molecule has 25 heavy (non-hydrogen) atoms. The fourth-order valence-corrected chi connectivity index (χ4v) is 3.34. The van der Waals surface area contributed by atoms with Gasteiger partial charge in [-0.2, -0.15) is 0 Å². The van der Waals surface area contributed by atoms with Crippen LogP contribution in [0.4, 0.5) is 0 Å². The van der Waals surface area contributed by atoms with Gasteiger partial charge in [0.2, 0.25) is 5.91 Å². The molecule has 1 fully saturated rings. The summed E-state index contributed by atoms with van der Waals surface area (Å²) < 4.78 is 10.5. The number of likely N-dealkylation sites (tertiary alicyclic amines) is 1. The summed E-state index contributed by atoms with van der Waals surface area (Å²) in [6.45, 7) is 2.79. The largest absolute Gasteiger partial charge is 0.496 e. The Labute approximate surface area is 147 Å². The minimum Gasteiger partial charge on any atom is -0.496 e. The molecule has 1 aromatic heterocycles. The van der Waals surface area contributed by atoms with Gasteiger partial charge in [-0.05, 0) is 25.0 Å². The number of ether oxygens (including phenoxy) is 1. The number of β-amino-alcohol motifs (C(OH)–C–C–N with tert-alkyl or cyclic N) is 1. The highest BCUT2D eigenvalue weighted by Gasteiger charge is 2.34. The zero-order valence-electron chi connectivity index (χ0n) is 14.6. The maximum Gasteiger partial charge on any atom is 0.223 e. The van der Waals surface area contributed by atoms with Crippen LogP contribution in [0.2, 0.25) is 0 Å². The van der Waals surface area contributed by atoms with E-state index in [0.717, 1.165) is 22.8 Å². The minimum atomic E-state index is -0.527. The molecule has 3 rings (SSSR count). The second-order valence-electron chi connectivity index (χ2n) is 6.58. The molecule has 2 unspecified atom stereocenters. The Kier molecular flexibility index (Phi) is 5.38. The van der Waals surface area contributed by atoms with Crippen LogP contribution in [-0.2, 0) is 17.6 Å². The van der Waals surface area contributed by atoms with Crippen LogP contribution in [0.3, 0.4) is 0 Å². The van der Waals surface area contributed by atoms with Gasteiger partial charge in [0.25, 0.3) is 0 Å². The van der Waals surface area contributed by atoms with Gasteiger partial charge in [-0.15, -0.1) is 0 Å². The molecule has 2 heterocycles. The van der Waals surface area contributed by atoms with Crippen molar-refractivity contribution < 1.29 is 19.2 Å². The normalized spacial score (nSPS) is 20.0. The molecule has 2 atom stereocenters. The molecule has 0 aliphatic carbocycles. The summed E-state index contributed by atoms with van der Waals surface area (Å²) in [7, 11) is 1.63. The third-order valence-electron chi connectivity index (χ3n) is 4.70. The molecule has 1 saturated heterocycles. The van der Waals surface area contributed by atoms with E-state index >= 15 is 0 Å². The second kappa shape index (κ2) is 7.70. The number of carbonyl (C=O) groups excluding carboxylic acids is 1. The smallest absolute Gasteiger partial charge is 0.223 e. The van der Waals surface area contributed by atoms with E-state index in [4.69, 9.17) is 9.26 Å². The van der Waals surface area contributed by atoms with Gasteiger partial charge in [0.1, 0.15) is 11.5 Å². The topological polar surface area (TPSA) is 75.8 Å². The van der Waals surface area contributed by atoms with Crippen molar-refractivity contribution in [2.24, 2.45) is 5.92 Å². The monoisotopic (exact) mass is 344 g/mol. The summed E-state index contributed by atoms with van der Waals surface area (Å²) in [5, 5.41) is 14.1. The lowest BCUT2D eigenvalue weighted by molar-refractivity contribution is -0.130. The standard InChI is InChI=1S/C19H24N2O4/c1-13-9-16(25-20-13)10-15-11-21(12-17(15)22)19(23)8-7-14-5-3-4-6-18(14)24-2/h3-6,9,15,17,22H,7-8,10-12H2,1-2H3. The van der Waals surface area contributed by atoms with Crippen LogP contribution in [0.15, 0.2) is 34.9 Å². The first-order valence-corrected chi connectivity index (χ1v) is 8.56. The van der Waals surface area contributed by atoms with Crippen molar-refractivity contribution in [1.29, 1.82) is 0 Å². The predicted octanol–water partition coefficient (Wildman–Crippen LogP) is 1.99. The van der Waals surface area contributed by atoms with Crippen molar-refractivity contribution in [3.05, 3.63) is 47.3 Å². The fraction of sp³-hybridized carbons (Fsp3) is 0.474. The number of carbonyl (C=O) groups is 1. The summed E-state index contributed by atoms with van der Waals surface area (Å²) in [5.41, 5.74) is 1.85. The van der Waals surface area contributed by atoms with E-state index in [1.165, 1.54) is 0 Å². The van der Waals surface area contributed by atoms with Gasteiger partial charge < -0.3 is 19.3 Å². The van der Waals surface area contributed by atoms with Crippen LogP contribution in [0.1, 0.15) is 23.4 Å². The van der Waals surface area contributed by atoms with Crippen LogP contribution < -0.4 is 4.74 Å². The van der Waals surface area contributed by atoms with E-state index in [1.807, 2.05) is 37.3 Å². The first-order chi connectivity index (χ1) is 12.1. The second-order valence-corrected chi connectivity index (χ2v) is 6.58. The van der Waals surface area contributed by atoms with Crippen molar-refractivity contribution in [3.63, 3.8) is 0 Å². The highest BCUT2D eigenvalue weighted by atomic mass is 16.5. The molecular formula is C19H24N2O4. The number of para-hydroxylation sites is 1. The first kappa shape index (κ1) is 17.5. The van der Waals surface area contributed by atoms with Crippen molar-refractivity contribution in [1.82, 2.24) is 10.1 Å². The van der Waals surface area contributed by atoms with Crippen molar-refractivity contribution in [2.75, 3.05) is 20.2 Å². The quantitative estimate of drug-likeness (QED) is 0.867. The lowest BCUT2D eigenvalue weighted by Gasteiger charge is -2.16. The Morgan fingerprint density at radius 3 is 2.92 bits per heavy atom. The summed E-state index contributed by atoms with van der Waals surface area (Å²) in [6.07, 6.45) is 1.10. The predicted molar refractivity (Wildman–Crippen MR) is 92.3 cm³/mol. The summed E-state index contributed by atoms with van der Waals surface area (Å²) in [5.74, 6) is 1.60. The lowest BCUT2D eigenvalue weighted by Crippen LogP contribution is -2.29. The van der Waals surface area contributed by atoms with Gasteiger partial charge in [-0.1, -0.05) is 23.4 Å². The van der Waals surface area contributed by atoms with Crippen LogP contribution in [-0.4, -0.2) is 47.4 Å². The molecule has 1 aliphatic rings. The third-order valence-corrected chi connectivity index (χ3v) is 4.70. The average molecular weight is 344 g/mol. The van der Waals surface area contributed by atoms with E-state index in [0.29, 0.717) is 32.4 Å². The molecule has 0 radical (unpaired) electrons. The molecule has 6 nitrogen and oxygen atoms in total. The summed E-state index contributed by atoms with van der Waals surface area (Å²) >= 11 is 0. The van der Waals surface area contributed by atoms with Crippen LogP contribution >= 0.6 is 0 Å². The first-order valence-electron chi connectivity index (χ1n) is 8.56. The number of amides is 1. The molecular weight excluding hydrogens is 320 g/mol. The van der Waals surface area contributed by atoms with E-state index in [1.54, 1.807) is 12.0 Å². The Hall–Kier alpha value is -2.34. The number of aliphatic hydroxyl groups is 1. The molecule has 134 valence electrons. The fourth-order valence-electron chi connectivity index (χ4n) is 3.34. The van der Waals surface area contributed by atoms with Gasteiger partial charge in [0.15, 0.2) is 0 Å². The van der Waals surface area contributed by atoms with Gasteiger partial charge in [-0.3, -0.25) is 4.79 Å². The van der Waals surface area contributed by atoms with Gasteiger partial charge >= 0.3 is 0 Å². The number of rotatable bonds is 6. The number of methoxy groups -OCH3 is 1. The molecule has 6 heteroatoms. The number of benzene rings is 1. The number of hydrogen-bond donors (Lipinski definition) is 1. The average Bonchev–Trinajstić information content (AvgIpc) is 3.19. The van der Waals surface area contributed by atoms with Crippen LogP contribution in [0.5, 0.6) is 5.75 Å². The molecule has 0 bridgehead atoms. The van der Waals surface area contributed by atoms with Crippen molar-refractivity contribution in [3.8, 4) is 5.75 Å². The summed E-state index contributed by atoms with van der Waals surface area (Å²) in [6, 6.07) is 9.60. The number of hydrogen-bond acceptors (Lipinski definition) is 5. The minimum absolute atomic E-state index is 0.0115. The third kappa shape index (κ3) is 4.20. The Balaban J connectivity index is 1.54. The van der Waals surface area contributed by atoms with E-state index < -0.39 is 6.10 Å². The number of nitrogens with zero attached hydrogens (tertiary/aromatic N) is 2. The Morgan fingerprint density at radius 2 is 2.20 bits per heavy atom. The zero-order valence-corrected chi connectivity index (χ0v) is 14.6. The zero-order chi connectivity index (χ0) is 17.8. The lowest BCUT2D eigenvalue weighted by atomic mass is 10.0. The molecule has 1 N–H and O–H groups in total. The molecule has 1 aromatic carbocycles. The van der Waals surface area contributed by atoms with Crippen molar-refractivity contribution in [2.45, 2.75) is 32.3 Å². The highest BCUT2D eigenvalue weighted by molar-refractivity contribution is 5.77. The SMILES string of the molecule is COc1ccccc1CCC(=O)N1CC(O)C(Cc2cc(C)no2)C1. The number of aliphatic hydroxyl groups excluding tert-OH is 1. The Morgan fingerprint density at radius 1 is 1.40 bits per heavy atom. The molecule has 0 spiro atoms. The maximum atomic E-state index is 12.5. The molecule has 2 aromatic rings. The van der Waals surface area contributed by atoms with Crippen LogP contribution in [0, 0.1) is 12.8 Å². The number of aryl methyl sites for hydroxylation is 2. The highest BCUT2D eigenvalue weighted by Crippen LogP contribution is 2.24. The van der Waals surface area contributed by atoms with E-state index in [-0.39, 0.29) is 11.8 Å². The maximum absolute atomic E-state index is 12.5. The van der Waals surface area contributed by atoms with E-state index in [9.17, 15) is 9.90 Å². The van der Waals surface area contributed by atoms with Gasteiger partial charge in [-0.25, -0.2) is 0 Å². The van der Waals surface area contributed by atoms with Crippen molar-refractivity contribution >= 4 is 5.91 Å². The molecule has 1 aliphatic heterocycles. The van der Waals surface area contributed by atoms with Gasteiger partial charge in [0, 0.05) is 37.9 Å². The van der Waals surface area contributed by atoms with Crippen LogP contribution in [0.25, 0.3) is 0 Å². The Bertz CT molecular complexity index is 728. The van der Waals surface area contributed by atoms with E-state index in [2.05, 4.69) is 5.16 Å². The van der Waals surface area contributed by atoms with Gasteiger partial charge in [0.05, 0.1) is 18.9 Å². The summed E-state index contributed by atoms with van der Waals surface area (Å²) in [4.78, 5) is 14.2.